The van der Waals surface area contributed by atoms with Gasteiger partial charge in [-0.3, -0.25) is 19.6 Å². The molecule has 12 heteroatoms. The molecule has 0 spiro atoms. The number of ether oxygens (including phenoxy) is 2. The van der Waals surface area contributed by atoms with Crippen molar-refractivity contribution >= 4 is 11.7 Å². The number of fused-ring (bicyclic) bond motifs is 1. The Labute approximate surface area is 249 Å². The van der Waals surface area contributed by atoms with Gasteiger partial charge in [0, 0.05) is 79.7 Å². The van der Waals surface area contributed by atoms with E-state index in [0.29, 0.717) is 75.6 Å². The number of anilines is 1. The van der Waals surface area contributed by atoms with E-state index >= 15 is 0 Å². The Morgan fingerprint density at radius 2 is 1.98 bits per heavy atom. The van der Waals surface area contributed by atoms with Crippen molar-refractivity contribution in [2.45, 2.75) is 69.9 Å². The lowest BCUT2D eigenvalue weighted by Crippen LogP contribution is -2.49. The van der Waals surface area contributed by atoms with Crippen LogP contribution in [0.1, 0.15) is 77.7 Å². The van der Waals surface area contributed by atoms with Gasteiger partial charge in [0.05, 0.1) is 32.1 Å². The van der Waals surface area contributed by atoms with E-state index in [2.05, 4.69) is 10.2 Å². The highest BCUT2D eigenvalue weighted by Crippen LogP contribution is 2.45. The monoisotopic (exact) mass is 593 g/mol. The number of aryl methyl sites for hydroxylation is 1. The number of pyridine rings is 2. The molecule has 1 aliphatic carbocycles. The average molecular weight is 594 g/mol. The summed E-state index contributed by atoms with van der Waals surface area (Å²) in [5, 5.41) is 8.34. The van der Waals surface area contributed by atoms with Crippen LogP contribution in [0.5, 0.6) is 5.88 Å². The smallest absolute Gasteiger partial charge is 0.260 e. The Hall–Kier alpha value is -3.51. The molecule has 0 radical (unpaired) electrons. The summed E-state index contributed by atoms with van der Waals surface area (Å²) in [5.74, 6) is -1.32. The maximum atomic E-state index is 14.1. The fourth-order valence-corrected chi connectivity index (χ4v) is 6.52. The summed E-state index contributed by atoms with van der Waals surface area (Å²) < 4.78 is 41.7. The van der Waals surface area contributed by atoms with E-state index in [4.69, 9.17) is 19.4 Å². The maximum absolute atomic E-state index is 14.1. The van der Waals surface area contributed by atoms with Crippen LogP contribution in [-0.2, 0) is 36.7 Å². The molecule has 228 valence electrons. The maximum Gasteiger partial charge on any atom is 0.260 e. The zero-order valence-corrected chi connectivity index (χ0v) is 24.9. The molecule has 0 unspecified atom stereocenters. The second-order valence-corrected chi connectivity index (χ2v) is 12.6. The Morgan fingerprint density at radius 1 is 1.16 bits per heavy atom. The van der Waals surface area contributed by atoms with Gasteiger partial charge in [0.25, 0.3) is 11.8 Å². The molecule has 43 heavy (non-hydrogen) atoms. The minimum Gasteiger partial charge on any atom is -0.478 e. The van der Waals surface area contributed by atoms with Crippen molar-refractivity contribution in [3.05, 3.63) is 58.4 Å². The van der Waals surface area contributed by atoms with Gasteiger partial charge in [0.2, 0.25) is 5.88 Å². The van der Waals surface area contributed by atoms with E-state index in [1.54, 1.807) is 18.2 Å². The van der Waals surface area contributed by atoms with Gasteiger partial charge in [-0.25, -0.2) is 8.78 Å². The number of likely N-dealkylation sites (tertiary alicyclic amines) is 1. The number of nitrogens with zero attached hydrogens (tertiary/aromatic N) is 7. The summed E-state index contributed by atoms with van der Waals surface area (Å²) in [7, 11) is 1.92. The van der Waals surface area contributed by atoms with E-state index in [9.17, 15) is 13.6 Å². The number of rotatable bonds is 9. The third-order valence-corrected chi connectivity index (χ3v) is 9.39. The van der Waals surface area contributed by atoms with Gasteiger partial charge in [-0.05, 0) is 37.5 Å². The molecule has 0 N–H and O–H groups in total. The second-order valence-electron chi connectivity index (χ2n) is 12.6. The first-order valence-corrected chi connectivity index (χ1v) is 15.2. The summed E-state index contributed by atoms with van der Waals surface area (Å²) in [5.41, 5.74) is 3.95. The molecule has 6 heterocycles. The van der Waals surface area contributed by atoms with Crippen LogP contribution in [0.2, 0.25) is 0 Å². The Balaban J connectivity index is 1.20. The SMILES string of the molecule is CCOc1cc(C2(Cc3nncn3C)COC2)cc(N2Cc3c(cc(CN4CCC(F)(F)[C@H](C)C4)nc3C3CC3)C2=O)n1. The summed E-state index contributed by atoms with van der Waals surface area (Å²) in [6, 6.07) is 5.78. The van der Waals surface area contributed by atoms with Crippen LogP contribution in [0.25, 0.3) is 0 Å². The normalized spacial score (nSPS) is 22.9. The molecule has 0 bridgehead atoms. The Kier molecular flexibility index (Phi) is 6.96. The predicted octanol–water partition coefficient (Wildman–Crippen LogP) is 4.03. The lowest BCUT2D eigenvalue weighted by molar-refractivity contribution is -0.100. The number of carbonyl (C=O) groups excluding carboxylic acids is 1. The van der Waals surface area contributed by atoms with Crippen LogP contribution in [0.15, 0.2) is 24.5 Å². The molecule has 0 aromatic carbocycles. The van der Waals surface area contributed by atoms with Crippen LogP contribution in [-0.4, -0.2) is 74.4 Å². The standard InChI is InChI=1S/C31H37F2N7O3/c1-4-43-27-10-21(30(16-42-17-30)12-26-37-34-18-38(26)3)9-25(36-27)40-15-24-23(29(40)41)11-22(35-28(24)20-5-6-20)14-39-8-7-31(32,33)19(2)13-39/h9-11,18-20H,4-8,12-17H2,1-3H3/t19-/m1/s1. The summed E-state index contributed by atoms with van der Waals surface area (Å²) in [4.78, 5) is 27.6. The number of hydrogen-bond acceptors (Lipinski definition) is 8. The van der Waals surface area contributed by atoms with Crippen LogP contribution in [0.4, 0.5) is 14.6 Å². The van der Waals surface area contributed by atoms with Gasteiger partial charge in [0.15, 0.2) is 0 Å². The molecule has 1 atom stereocenters. The molecule has 1 amide bonds. The molecular formula is C31H37F2N7O3. The molecule has 3 aliphatic heterocycles. The molecule has 4 aliphatic rings. The van der Waals surface area contributed by atoms with E-state index < -0.39 is 11.8 Å². The second kappa shape index (κ2) is 10.6. The molecule has 7 rings (SSSR count). The van der Waals surface area contributed by atoms with Crippen molar-refractivity contribution < 1.29 is 23.0 Å². The highest BCUT2D eigenvalue weighted by molar-refractivity contribution is 6.10. The fourth-order valence-electron chi connectivity index (χ4n) is 6.52. The zero-order chi connectivity index (χ0) is 29.9. The van der Waals surface area contributed by atoms with Gasteiger partial charge in [0.1, 0.15) is 18.0 Å². The first kappa shape index (κ1) is 28.3. The summed E-state index contributed by atoms with van der Waals surface area (Å²) in [6.45, 7) is 6.44. The topological polar surface area (TPSA) is 98.5 Å². The Morgan fingerprint density at radius 3 is 2.63 bits per heavy atom. The lowest BCUT2D eigenvalue weighted by atomic mass is 9.75. The summed E-state index contributed by atoms with van der Waals surface area (Å²) in [6.07, 6.45) is 4.24. The number of amides is 1. The van der Waals surface area contributed by atoms with E-state index in [0.717, 1.165) is 41.2 Å². The van der Waals surface area contributed by atoms with E-state index in [1.807, 2.05) is 41.6 Å². The molecule has 1 saturated carbocycles. The average Bonchev–Trinajstić information content (AvgIpc) is 3.64. The van der Waals surface area contributed by atoms with Gasteiger partial charge in [-0.2, -0.15) is 4.98 Å². The van der Waals surface area contributed by atoms with Crippen molar-refractivity contribution in [2.75, 3.05) is 37.8 Å². The zero-order valence-electron chi connectivity index (χ0n) is 24.9. The molecular weight excluding hydrogens is 556 g/mol. The van der Waals surface area contributed by atoms with Crippen LogP contribution < -0.4 is 9.64 Å². The van der Waals surface area contributed by atoms with Crippen molar-refractivity contribution in [3.8, 4) is 5.88 Å². The van der Waals surface area contributed by atoms with Gasteiger partial charge in [-0.15, -0.1) is 10.2 Å². The predicted molar refractivity (Wildman–Crippen MR) is 153 cm³/mol. The third-order valence-electron chi connectivity index (χ3n) is 9.39. The fraction of sp³-hybridized carbons (Fsp3) is 0.581. The van der Waals surface area contributed by atoms with Crippen LogP contribution >= 0.6 is 0 Å². The third kappa shape index (κ3) is 5.18. The number of halogens is 2. The quantitative estimate of drug-likeness (QED) is 0.367. The number of carbonyl (C=O) groups is 1. The lowest BCUT2D eigenvalue weighted by Gasteiger charge is -2.42. The molecule has 3 fully saturated rings. The van der Waals surface area contributed by atoms with Crippen LogP contribution in [0.3, 0.4) is 0 Å². The first-order valence-electron chi connectivity index (χ1n) is 15.2. The number of alkyl halides is 2. The van der Waals surface area contributed by atoms with Crippen molar-refractivity contribution in [2.24, 2.45) is 13.0 Å². The number of hydrogen-bond donors (Lipinski definition) is 0. The minimum absolute atomic E-state index is 0.126. The highest BCUT2D eigenvalue weighted by atomic mass is 19.3. The number of piperidine rings is 1. The van der Waals surface area contributed by atoms with Gasteiger partial charge >= 0.3 is 0 Å². The van der Waals surface area contributed by atoms with Gasteiger partial charge < -0.3 is 14.0 Å². The van der Waals surface area contributed by atoms with E-state index in [1.165, 1.54) is 0 Å². The number of aromatic nitrogens is 5. The molecule has 3 aromatic heterocycles. The molecule has 10 nitrogen and oxygen atoms in total. The van der Waals surface area contributed by atoms with Crippen molar-refractivity contribution in [1.29, 1.82) is 0 Å². The van der Waals surface area contributed by atoms with Gasteiger partial charge in [-0.1, -0.05) is 6.92 Å². The largest absolute Gasteiger partial charge is 0.478 e. The van der Waals surface area contributed by atoms with E-state index in [-0.39, 0.29) is 17.7 Å². The van der Waals surface area contributed by atoms with Crippen molar-refractivity contribution in [3.63, 3.8) is 0 Å². The van der Waals surface area contributed by atoms with Crippen LogP contribution in [0, 0.1) is 5.92 Å². The minimum atomic E-state index is -2.64. The highest BCUT2D eigenvalue weighted by Gasteiger charge is 2.44. The molecule has 2 saturated heterocycles. The summed E-state index contributed by atoms with van der Waals surface area (Å²) >= 11 is 0. The first-order chi connectivity index (χ1) is 20.7. The van der Waals surface area contributed by atoms with Crippen molar-refractivity contribution in [1.82, 2.24) is 29.6 Å². The molecule has 3 aromatic rings. The Bertz CT molecular complexity index is 1550.